The highest BCUT2D eigenvalue weighted by atomic mass is 16.5. The average Bonchev–Trinajstić information content (AvgIpc) is 2.87. The molecule has 0 N–H and O–H groups in total. The summed E-state index contributed by atoms with van der Waals surface area (Å²) in [4.78, 5) is 25.5. The van der Waals surface area contributed by atoms with Crippen molar-refractivity contribution in [3.8, 4) is 0 Å². The van der Waals surface area contributed by atoms with Crippen molar-refractivity contribution in [2.24, 2.45) is 0 Å². The lowest BCUT2D eigenvalue weighted by Crippen LogP contribution is -2.16. The summed E-state index contributed by atoms with van der Waals surface area (Å²) in [6.45, 7) is 2.44. The molecule has 0 saturated carbocycles. The highest BCUT2D eigenvalue weighted by molar-refractivity contribution is 6.27. The Morgan fingerprint density at radius 2 is 1.61 bits per heavy atom. The third kappa shape index (κ3) is 6.41. The second-order valence-electron chi connectivity index (χ2n) is 6.94. The molecule has 0 atom stereocenters. The Labute approximate surface area is 183 Å². The van der Waals surface area contributed by atoms with Crippen LogP contribution in [-0.2, 0) is 25.5 Å². The first kappa shape index (κ1) is 22.0. The van der Waals surface area contributed by atoms with Crippen LogP contribution in [0.25, 0.3) is 5.57 Å². The Kier molecular flexibility index (Phi) is 8.18. The molecule has 0 aliphatic heterocycles. The zero-order valence-electron chi connectivity index (χ0n) is 17.6. The molecular formula is C27H26O4. The fourth-order valence-corrected chi connectivity index (χ4v) is 3.23. The van der Waals surface area contributed by atoms with Gasteiger partial charge in [0.25, 0.3) is 0 Å². The Balaban J connectivity index is 1.77. The van der Waals surface area contributed by atoms with Crippen molar-refractivity contribution in [3.05, 3.63) is 114 Å². The first-order valence-electron chi connectivity index (χ1n) is 10.4. The van der Waals surface area contributed by atoms with Gasteiger partial charge in [0.2, 0.25) is 0 Å². The predicted octanol–water partition coefficient (Wildman–Crippen LogP) is 5.23. The van der Waals surface area contributed by atoms with Gasteiger partial charge in [0.1, 0.15) is 11.3 Å². The van der Waals surface area contributed by atoms with Crippen LogP contribution in [0.5, 0.6) is 0 Å². The Morgan fingerprint density at radius 1 is 0.903 bits per heavy atom. The lowest BCUT2D eigenvalue weighted by Gasteiger charge is -2.10. The Hall–Kier alpha value is -3.66. The predicted molar refractivity (Wildman–Crippen MR) is 122 cm³/mol. The fraction of sp³-hybridized carbons (Fsp3) is 0.185. The molecule has 3 rings (SSSR count). The van der Waals surface area contributed by atoms with Crippen molar-refractivity contribution < 1.29 is 19.1 Å². The van der Waals surface area contributed by atoms with E-state index < -0.39 is 11.8 Å². The van der Waals surface area contributed by atoms with Gasteiger partial charge in [-0.3, -0.25) is 4.79 Å². The van der Waals surface area contributed by atoms with Crippen molar-refractivity contribution >= 4 is 17.3 Å². The molecule has 0 radical (unpaired) electrons. The number of ether oxygens (including phenoxy) is 2. The number of carbonyl (C=O) groups excluding carboxylic acids is 2. The smallest absolute Gasteiger partial charge is 0.342 e. The number of allylic oxidation sites excluding steroid dienone is 6. The summed E-state index contributed by atoms with van der Waals surface area (Å²) >= 11 is 0. The van der Waals surface area contributed by atoms with E-state index in [0.717, 1.165) is 18.4 Å². The van der Waals surface area contributed by atoms with Crippen LogP contribution < -0.4 is 0 Å². The number of rotatable bonds is 8. The van der Waals surface area contributed by atoms with Crippen LogP contribution in [0, 0.1) is 0 Å². The monoisotopic (exact) mass is 414 g/mol. The fourth-order valence-electron chi connectivity index (χ4n) is 3.23. The molecular weight excluding hydrogens is 388 g/mol. The van der Waals surface area contributed by atoms with E-state index in [4.69, 9.17) is 9.47 Å². The van der Waals surface area contributed by atoms with Gasteiger partial charge < -0.3 is 9.47 Å². The maximum Gasteiger partial charge on any atom is 0.342 e. The highest BCUT2D eigenvalue weighted by Gasteiger charge is 2.23. The van der Waals surface area contributed by atoms with Crippen molar-refractivity contribution in [2.45, 2.75) is 19.8 Å². The quantitative estimate of drug-likeness (QED) is 0.337. The van der Waals surface area contributed by atoms with Gasteiger partial charge in [-0.15, -0.1) is 0 Å². The van der Waals surface area contributed by atoms with Gasteiger partial charge in [-0.05, 0) is 49.1 Å². The standard InChI is InChI=1S/C27H26O4/c1-2-30-27(29)26-24(22-14-7-4-8-15-22)17-9-16-23(18-19-25(26)28)31-20-10-13-21-11-5-3-6-12-21/h3-9,11-12,14-19H,2,10,13,20H2,1H3/b17-9+,19-18+,23-16+,26-24-. The number of esters is 1. The third-order valence-electron chi connectivity index (χ3n) is 4.72. The molecule has 0 heterocycles. The molecule has 1 aliphatic carbocycles. The van der Waals surface area contributed by atoms with Crippen LogP contribution in [0.4, 0.5) is 0 Å². The van der Waals surface area contributed by atoms with E-state index in [9.17, 15) is 9.59 Å². The van der Waals surface area contributed by atoms with Crippen molar-refractivity contribution in [1.82, 2.24) is 0 Å². The van der Waals surface area contributed by atoms with Crippen molar-refractivity contribution in [2.75, 3.05) is 13.2 Å². The zero-order valence-corrected chi connectivity index (χ0v) is 17.6. The molecule has 31 heavy (non-hydrogen) atoms. The zero-order chi connectivity index (χ0) is 21.9. The summed E-state index contributed by atoms with van der Waals surface area (Å²) in [6, 6.07) is 19.6. The van der Waals surface area contributed by atoms with Gasteiger partial charge in [0.15, 0.2) is 5.78 Å². The molecule has 1 aliphatic rings. The first-order chi connectivity index (χ1) is 15.2. The van der Waals surface area contributed by atoms with Crippen LogP contribution in [0.15, 0.2) is 102 Å². The third-order valence-corrected chi connectivity index (χ3v) is 4.72. The minimum atomic E-state index is -0.632. The van der Waals surface area contributed by atoms with E-state index in [1.807, 2.05) is 48.5 Å². The molecule has 4 heteroatoms. The van der Waals surface area contributed by atoms with E-state index in [1.165, 1.54) is 11.6 Å². The maximum absolute atomic E-state index is 12.9. The van der Waals surface area contributed by atoms with Gasteiger partial charge >= 0.3 is 5.97 Å². The first-order valence-corrected chi connectivity index (χ1v) is 10.4. The number of aryl methyl sites for hydroxylation is 1. The normalized spacial score (nSPS) is 19.9. The second-order valence-corrected chi connectivity index (χ2v) is 6.94. The number of carbonyl (C=O) groups is 2. The number of hydrogen-bond acceptors (Lipinski definition) is 4. The minimum absolute atomic E-state index is 0.0132. The summed E-state index contributed by atoms with van der Waals surface area (Å²) < 4.78 is 11.0. The van der Waals surface area contributed by atoms with Crippen LogP contribution in [-0.4, -0.2) is 25.0 Å². The van der Waals surface area contributed by atoms with E-state index in [2.05, 4.69) is 12.1 Å². The number of ketones is 1. The lowest BCUT2D eigenvalue weighted by molar-refractivity contribution is -0.139. The molecule has 0 unspecified atom stereocenters. The molecule has 2 aromatic rings. The summed E-state index contributed by atoms with van der Waals surface area (Å²) in [6.07, 6.45) is 10.1. The van der Waals surface area contributed by atoms with Gasteiger partial charge in [0.05, 0.1) is 13.2 Å². The molecule has 2 aromatic carbocycles. The van der Waals surface area contributed by atoms with Crippen LogP contribution in [0.3, 0.4) is 0 Å². The molecule has 0 bridgehead atoms. The molecule has 4 nitrogen and oxygen atoms in total. The molecule has 0 spiro atoms. The molecule has 0 amide bonds. The number of hydrogen-bond donors (Lipinski definition) is 0. The van der Waals surface area contributed by atoms with Crippen molar-refractivity contribution in [3.63, 3.8) is 0 Å². The summed E-state index contributed by atoms with van der Waals surface area (Å²) in [5, 5.41) is 0. The SMILES string of the molecule is CCOC(=O)/C1=C(c2ccccc2)/C=C/C=C(OCCCc2ccccc2)\C=C\C1=O. The maximum atomic E-state index is 12.9. The van der Waals surface area contributed by atoms with E-state index >= 15 is 0 Å². The highest BCUT2D eigenvalue weighted by Crippen LogP contribution is 2.24. The topological polar surface area (TPSA) is 52.6 Å². The van der Waals surface area contributed by atoms with Gasteiger partial charge in [-0.25, -0.2) is 4.79 Å². The van der Waals surface area contributed by atoms with Gasteiger partial charge in [-0.1, -0.05) is 72.8 Å². The second kappa shape index (κ2) is 11.5. The Bertz CT molecular complexity index is 1010. The van der Waals surface area contributed by atoms with Gasteiger partial charge in [0, 0.05) is 5.57 Å². The van der Waals surface area contributed by atoms with Crippen LogP contribution in [0.1, 0.15) is 24.5 Å². The van der Waals surface area contributed by atoms with Crippen molar-refractivity contribution in [1.29, 1.82) is 0 Å². The summed E-state index contributed by atoms with van der Waals surface area (Å²) in [5.74, 6) is -0.481. The van der Waals surface area contributed by atoms with E-state index in [-0.39, 0.29) is 12.2 Å². The molecule has 0 aromatic heterocycles. The molecule has 0 saturated heterocycles. The number of benzene rings is 2. The van der Waals surface area contributed by atoms with E-state index in [1.54, 1.807) is 31.2 Å². The van der Waals surface area contributed by atoms with Gasteiger partial charge in [-0.2, -0.15) is 0 Å². The largest absolute Gasteiger partial charge is 0.494 e. The summed E-state index contributed by atoms with van der Waals surface area (Å²) in [7, 11) is 0. The van der Waals surface area contributed by atoms with E-state index in [0.29, 0.717) is 17.9 Å². The van der Waals surface area contributed by atoms with Crippen LogP contribution >= 0.6 is 0 Å². The lowest BCUT2D eigenvalue weighted by atomic mass is 9.96. The molecule has 158 valence electrons. The average molecular weight is 415 g/mol. The Morgan fingerprint density at radius 3 is 2.32 bits per heavy atom. The minimum Gasteiger partial charge on any atom is -0.494 e. The summed E-state index contributed by atoms with van der Waals surface area (Å²) in [5.41, 5.74) is 2.56. The van der Waals surface area contributed by atoms with Crippen LogP contribution in [0.2, 0.25) is 0 Å². The molecule has 0 fully saturated rings.